The molecule has 3 rings (SSSR count). The van der Waals surface area contributed by atoms with Crippen LogP contribution < -0.4 is 4.90 Å². The molecule has 5 nitrogen and oxygen atoms in total. The van der Waals surface area contributed by atoms with E-state index in [1.54, 1.807) is 18.3 Å². The molecule has 0 bridgehead atoms. The highest BCUT2D eigenvalue weighted by atomic mass is 32.2. The first kappa shape index (κ1) is 15.0. The van der Waals surface area contributed by atoms with Gasteiger partial charge in [-0.05, 0) is 36.8 Å². The van der Waals surface area contributed by atoms with Gasteiger partial charge in [-0.25, -0.2) is 8.42 Å². The Bertz CT molecular complexity index is 739. The molecule has 0 N–H and O–H groups in total. The lowest BCUT2D eigenvalue weighted by Gasteiger charge is -2.35. The van der Waals surface area contributed by atoms with E-state index in [1.165, 1.54) is 16.1 Å². The van der Waals surface area contributed by atoms with Crippen molar-refractivity contribution in [3.63, 3.8) is 0 Å². The number of sulfonamides is 1. The molecule has 1 fully saturated rings. The Morgan fingerprint density at radius 2 is 1.82 bits per heavy atom. The van der Waals surface area contributed by atoms with Crippen LogP contribution in [0.5, 0.6) is 0 Å². The molecule has 1 aromatic carbocycles. The van der Waals surface area contributed by atoms with Crippen LogP contribution in [0.3, 0.4) is 0 Å². The second kappa shape index (κ2) is 6.06. The quantitative estimate of drug-likeness (QED) is 0.867. The molecule has 1 aromatic heterocycles. The summed E-state index contributed by atoms with van der Waals surface area (Å²) in [6.07, 6.45) is 2.98. The lowest BCUT2D eigenvalue weighted by atomic mass is 10.2. The third kappa shape index (κ3) is 2.98. The van der Waals surface area contributed by atoms with Crippen LogP contribution in [0.1, 0.15) is 5.56 Å². The molecule has 0 aliphatic carbocycles. The van der Waals surface area contributed by atoms with Crippen molar-refractivity contribution in [1.29, 1.82) is 0 Å². The number of rotatable bonds is 3. The van der Waals surface area contributed by atoms with E-state index in [4.69, 9.17) is 0 Å². The minimum Gasteiger partial charge on any atom is -0.369 e. The molecule has 1 aliphatic rings. The van der Waals surface area contributed by atoms with Gasteiger partial charge in [-0.2, -0.15) is 4.31 Å². The molecule has 0 unspecified atom stereocenters. The first-order valence-electron chi connectivity index (χ1n) is 7.29. The Hall–Kier alpha value is -1.92. The number of nitrogens with zero attached hydrogens (tertiary/aromatic N) is 3. The highest BCUT2D eigenvalue weighted by molar-refractivity contribution is 7.89. The topological polar surface area (TPSA) is 53.5 Å². The van der Waals surface area contributed by atoms with E-state index in [2.05, 4.69) is 35.0 Å². The van der Waals surface area contributed by atoms with Crippen molar-refractivity contribution < 1.29 is 8.42 Å². The van der Waals surface area contributed by atoms with Crippen molar-refractivity contribution >= 4 is 15.7 Å². The lowest BCUT2D eigenvalue weighted by Crippen LogP contribution is -2.48. The van der Waals surface area contributed by atoms with Gasteiger partial charge in [0.15, 0.2) is 0 Å². The Labute approximate surface area is 131 Å². The summed E-state index contributed by atoms with van der Waals surface area (Å²) < 4.78 is 26.6. The van der Waals surface area contributed by atoms with Gasteiger partial charge in [-0.15, -0.1) is 0 Å². The smallest absolute Gasteiger partial charge is 0.244 e. The molecule has 0 saturated carbocycles. The van der Waals surface area contributed by atoms with Crippen molar-refractivity contribution in [2.75, 3.05) is 31.1 Å². The van der Waals surface area contributed by atoms with E-state index in [0.717, 1.165) is 5.69 Å². The lowest BCUT2D eigenvalue weighted by molar-refractivity contribution is 0.385. The van der Waals surface area contributed by atoms with Crippen LogP contribution in [0.25, 0.3) is 0 Å². The van der Waals surface area contributed by atoms with Crippen LogP contribution in [-0.2, 0) is 10.0 Å². The number of aryl methyl sites for hydroxylation is 1. The number of benzene rings is 1. The van der Waals surface area contributed by atoms with Crippen molar-refractivity contribution in [3.8, 4) is 0 Å². The normalized spacial score (nSPS) is 16.7. The summed E-state index contributed by atoms with van der Waals surface area (Å²) in [6, 6.07) is 11.5. The summed E-state index contributed by atoms with van der Waals surface area (Å²) in [6.45, 7) is 4.44. The highest BCUT2D eigenvalue weighted by Gasteiger charge is 2.28. The molecule has 0 radical (unpaired) electrons. The van der Waals surface area contributed by atoms with E-state index < -0.39 is 10.0 Å². The van der Waals surface area contributed by atoms with Gasteiger partial charge in [0.25, 0.3) is 0 Å². The van der Waals surface area contributed by atoms with Crippen LogP contribution in [-0.4, -0.2) is 43.9 Å². The Balaban J connectivity index is 1.72. The fraction of sp³-hybridized carbons (Fsp3) is 0.312. The van der Waals surface area contributed by atoms with E-state index in [-0.39, 0.29) is 4.90 Å². The van der Waals surface area contributed by atoms with Gasteiger partial charge in [0.2, 0.25) is 10.0 Å². The minimum absolute atomic E-state index is 0.263. The summed E-state index contributed by atoms with van der Waals surface area (Å²) in [4.78, 5) is 6.39. The summed E-state index contributed by atoms with van der Waals surface area (Å²) in [7, 11) is -3.43. The number of aromatic nitrogens is 1. The standard InChI is InChI=1S/C16H19N3O2S/c1-14-4-2-5-15(12-14)18-8-10-19(11-9-18)22(20,21)16-6-3-7-17-13-16/h2-7,12-13H,8-11H2,1H3. The Kier molecular flexibility index (Phi) is 4.13. The van der Waals surface area contributed by atoms with Crippen molar-refractivity contribution in [2.45, 2.75) is 11.8 Å². The van der Waals surface area contributed by atoms with Crippen LogP contribution >= 0.6 is 0 Å². The first-order valence-corrected chi connectivity index (χ1v) is 8.73. The number of anilines is 1. The van der Waals surface area contributed by atoms with Crippen LogP contribution in [0, 0.1) is 6.92 Å². The van der Waals surface area contributed by atoms with Crippen LogP contribution in [0.2, 0.25) is 0 Å². The Morgan fingerprint density at radius 1 is 1.05 bits per heavy atom. The van der Waals surface area contributed by atoms with E-state index in [0.29, 0.717) is 26.2 Å². The van der Waals surface area contributed by atoms with E-state index >= 15 is 0 Å². The van der Waals surface area contributed by atoms with Crippen molar-refractivity contribution in [3.05, 3.63) is 54.4 Å². The van der Waals surface area contributed by atoms with Gasteiger partial charge >= 0.3 is 0 Å². The molecule has 2 heterocycles. The third-order valence-corrected chi connectivity index (χ3v) is 5.76. The fourth-order valence-corrected chi connectivity index (χ4v) is 4.05. The molecule has 2 aromatic rings. The zero-order chi connectivity index (χ0) is 15.6. The molecule has 0 spiro atoms. The summed E-state index contributed by atoms with van der Waals surface area (Å²) in [5.41, 5.74) is 2.36. The molecule has 116 valence electrons. The van der Waals surface area contributed by atoms with E-state index in [9.17, 15) is 8.42 Å². The number of hydrogen-bond donors (Lipinski definition) is 0. The maximum atomic E-state index is 12.6. The Morgan fingerprint density at radius 3 is 2.45 bits per heavy atom. The summed E-state index contributed by atoms with van der Waals surface area (Å²) in [5.74, 6) is 0. The monoisotopic (exact) mass is 317 g/mol. The van der Waals surface area contributed by atoms with Gasteiger partial charge in [0, 0.05) is 44.3 Å². The third-order valence-electron chi connectivity index (χ3n) is 3.88. The van der Waals surface area contributed by atoms with Crippen molar-refractivity contribution in [2.24, 2.45) is 0 Å². The minimum atomic E-state index is -3.43. The van der Waals surface area contributed by atoms with Crippen molar-refractivity contribution in [1.82, 2.24) is 9.29 Å². The molecular formula is C16H19N3O2S. The molecule has 1 aliphatic heterocycles. The molecular weight excluding hydrogens is 298 g/mol. The number of piperazine rings is 1. The van der Waals surface area contributed by atoms with Crippen LogP contribution in [0.15, 0.2) is 53.7 Å². The summed E-state index contributed by atoms with van der Waals surface area (Å²) in [5, 5.41) is 0. The highest BCUT2D eigenvalue weighted by Crippen LogP contribution is 2.21. The van der Waals surface area contributed by atoms with E-state index in [1.807, 2.05) is 6.07 Å². The maximum absolute atomic E-state index is 12.6. The largest absolute Gasteiger partial charge is 0.369 e. The average molecular weight is 317 g/mol. The van der Waals surface area contributed by atoms with Crippen LogP contribution in [0.4, 0.5) is 5.69 Å². The average Bonchev–Trinajstić information content (AvgIpc) is 2.56. The molecule has 0 amide bonds. The van der Waals surface area contributed by atoms with Gasteiger partial charge in [0.1, 0.15) is 4.90 Å². The second-order valence-corrected chi connectivity index (χ2v) is 7.36. The molecule has 22 heavy (non-hydrogen) atoms. The first-order chi connectivity index (χ1) is 10.6. The fourth-order valence-electron chi connectivity index (χ4n) is 2.66. The zero-order valence-electron chi connectivity index (χ0n) is 12.5. The number of hydrogen-bond acceptors (Lipinski definition) is 4. The second-order valence-electron chi connectivity index (χ2n) is 5.42. The van der Waals surface area contributed by atoms with Gasteiger partial charge in [0.05, 0.1) is 0 Å². The predicted molar refractivity (Wildman–Crippen MR) is 86.4 cm³/mol. The molecule has 1 saturated heterocycles. The predicted octanol–water partition coefficient (Wildman–Crippen LogP) is 1.90. The zero-order valence-corrected chi connectivity index (χ0v) is 13.3. The van der Waals surface area contributed by atoms with Gasteiger partial charge in [-0.3, -0.25) is 4.98 Å². The maximum Gasteiger partial charge on any atom is 0.244 e. The summed E-state index contributed by atoms with van der Waals surface area (Å²) >= 11 is 0. The van der Waals surface area contributed by atoms with Gasteiger partial charge < -0.3 is 4.90 Å². The van der Waals surface area contributed by atoms with Gasteiger partial charge in [-0.1, -0.05) is 12.1 Å². The molecule has 6 heteroatoms. The number of pyridine rings is 1. The molecule has 0 atom stereocenters. The SMILES string of the molecule is Cc1cccc(N2CCN(S(=O)(=O)c3cccnc3)CC2)c1.